The molecule has 52 valence electrons. The van der Waals surface area contributed by atoms with Crippen LogP contribution in [-0.4, -0.2) is 28.5 Å². The van der Waals surface area contributed by atoms with E-state index in [1.165, 1.54) is 0 Å². The SMILES string of the molecule is C=C(SCCO)C(=O)O. The molecule has 0 saturated carbocycles. The summed E-state index contributed by atoms with van der Waals surface area (Å²) in [6.45, 7) is 3.23. The van der Waals surface area contributed by atoms with Gasteiger partial charge in [0.05, 0.1) is 11.5 Å². The Morgan fingerprint density at radius 3 is 2.56 bits per heavy atom. The van der Waals surface area contributed by atoms with E-state index in [-0.39, 0.29) is 11.5 Å². The Morgan fingerprint density at radius 1 is 1.67 bits per heavy atom. The smallest absolute Gasteiger partial charge is 0.341 e. The Balaban J connectivity index is 3.39. The number of hydrogen-bond acceptors (Lipinski definition) is 3. The summed E-state index contributed by atoms with van der Waals surface area (Å²) in [5.74, 6) is -0.626. The van der Waals surface area contributed by atoms with Crippen LogP contribution < -0.4 is 0 Å². The third-order valence-corrected chi connectivity index (χ3v) is 1.52. The molecule has 0 atom stereocenters. The van der Waals surface area contributed by atoms with Gasteiger partial charge >= 0.3 is 5.97 Å². The number of carbonyl (C=O) groups is 1. The number of aliphatic carboxylic acids is 1. The van der Waals surface area contributed by atoms with Crippen molar-refractivity contribution in [2.75, 3.05) is 12.4 Å². The maximum absolute atomic E-state index is 10.0. The molecule has 0 aliphatic carbocycles. The molecule has 0 unspecified atom stereocenters. The first-order chi connectivity index (χ1) is 4.18. The summed E-state index contributed by atoms with van der Waals surface area (Å²) in [7, 11) is 0. The van der Waals surface area contributed by atoms with Crippen molar-refractivity contribution in [1.29, 1.82) is 0 Å². The first-order valence-corrected chi connectivity index (χ1v) is 3.33. The van der Waals surface area contributed by atoms with Crippen LogP contribution in [0.2, 0.25) is 0 Å². The molecule has 3 nitrogen and oxygen atoms in total. The van der Waals surface area contributed by atoms with E-state index < -0.39 is 5.97 Å². The lowest BCUT2D eigenvalue weighted by atomic mass is 10.7. The van der Waals surface area contributed by atoms with Crippen LogP contribution >= 0.6 is 11.8 Å². The lowest BCUT2D eigenvalue weighted by Gasteiger charge is -1.94. The molecular weight excluding hydrogens is 140 g/mol. The maximum atomic E-state index is 10.0. The lowest BCUT2D eigenvalue weighted by Crippen LogP contribution is -1.97. The summed E-state index contributed by atoms with van der Waals surface area (Å²) in [6.07, 6.45) is 0. The van der Waals surface area contributed by atoms with Crippen LogP contribution in [0.15, 0.2) is 11.5 Å². The molecule has 0 amide bonds. The van der Waals surface area contributed by atoms with Gasteiger partial charge in [0, 0.05) is 5.75 Å². The second-order valence-corrected chi connectivity index (χ2v) is 2.49. The number of thioether (sulfide) groups is 1. The number of rotatable bonds is 4. The van der Waals surface area contributed by atoms with E-state index >= 15 is 0 Å². The van der Waals surface area contributed by atoms with E-state index in [1.807, 2.05) is 0 Å². The Hall–Kier alpha value is -0.480. The van der Waals surface area contributed by atoms with Gasteiger partial charge in [0.2, 0.25) is 0 Å². The van der Waals surface area contributed by atoms with E-state index in [2.05, 4.69) is 6.58 Å². The second-order valence-electron chi connectivity index (χ2n) is 1.30. The first-order valence-electron chi connectivity index (χ1n) is 2.34. The third kappa shape index (κ3) is 4.05. The molecule has 0 aromatic carbocycles. The van der Waals surface area contributed by atoms with Crippen molar-refractivity contribution in [3.8, 4) is 0 Å². The molecule has 0 heterocycles. The quantitative estimate of drug-likeness (QED) is 0.563. The fourth-order valence-corrected chi connectivity index (χ4v) is 0.692. The molecule has 2 N–H and O–H groups in total. The number of aliphatic hydroxyl groups is 1. The minimum atomic E-state index is -1.02. The first kappa shape index (κ1) is 8.52. The molecule has 0 rings (SSSR count). The van der Waals surface area contributed by atoms with Gasteiger partial charge in [-0.15, -0.1) is 11.8 Å². The molecule has 0 aromatic heterocycles. The predicted octanol–water partition coefficient (Wildman–Crippen LogP) is 0.310. The number of aliphatic hydroxyl groups excluding tert-OH is 1. The van der Waals surface area contributed by atoms with Crippen LogP contribution in [-0.2, 0) is 4.79 Å². The van der Waals surface area contributed by atoms with E-state index in [1.54, 1.807) is 0 Å². The molecular formula is C5H8O3S. The summed E-state index contributed by atoms with van der Waals surface area (Å²) in [5.41, 5.74) is 0. The van der Waals surface area contributed by atoms with Gasteiger partial charge in [0.25, 0.3) is 0 Å². The normalized spacial score (nSPS) is 9.00. The van der Waals surface area contributed by atoms with Crippen molar-refractivity contribution in [3.05, 3.63) is 11.5 Å². The van der Waals surface area contributed by atoms with Crippen molar-refractivity contribution < 1.29 is 15.0 Å². The zero-order valence-electron chi connectivity index (χ0n) is 4.83. The van der Waals surface area contributed by atoms with Crippen LogP contribution in [0.25, 0.3) is 0 Å². The van der Waals surface area contributed by atoms with E-state index in [0.29, 0.717) is 5.75 Å². The summed E-state index contributed by atoms with van der Waals surface area (Å²) in [6, 6.07) is 0. The topological polar surface area (TPSA) is 57.5 Å². The average Bonchev–Trinajstić information content (AvgIpc) is 1.82. The molecule has 4 heteroatoms. The molecule has 0 fully saturated rings. The molecule has 0 bridgehead atoms. The van der Waals surface area contributed by atoms with Crippen LogP contribution in [0, 0.1) is 0 Å². The Kier molecular flexibility index (Phi) is 4.17. The number of carboxylic acids is 1. The highest BCUT2D eigenvalue weighted by molar-refractivity contribution is 8.03. The molecule has 9 heavy (non-hydrogen) atoms. The highest BCUT2D eigenvalue weighted by atomic mass is 32.2. The molecule has 0 aromatic rings. The fraction of sp³-hybridized carbons (Fsp3) is 0.400. The van der Waals surface area contributed by atoms with Crippen LogP contribution in [0.5, 0.6) is 0 Å². The number of carboxylic acid groups (broad SMARTS) is 1. The van der Waals surface area contributed by atoms with Crippen molar-refractivity contribution in [2.45, 2.75) is 0 Å². The second kappa shape index (κ2) is 4.40. The van der Waals surface area contributed by atoms with Crippen LogP contribution in [0.3, 0.4) is 0 Å². The number of hydrogen-bond donors (Lipinski definition) is 2. The summed E-state index contributed by atoms with van der Waals surface area (Å²) in [5, 5.41) is 16.4. The predicted molar refractivity (Wildman–Crippen MR) is 36.3 cm³/mol. The Bertz CT molecular complexity index is 121. The van der Waals surface area contributed by atoms with Gasteiger partial charge in [0.1, 0.15) is 0 Å². The molecule has 0 aliphatic heterocycles. The summed E-state index contributed by atoms with van der Waals surface area (Å²) >= 11 is 1.04. The standard InChI is InChI=1S/C5H8O3S/c1-4(5(7)8)9-3-2-6/h6H,1-3H2,(H,7,8). The van der Waals surface area contributed by atoms with Crippen LogP contribution in [0.4, 0.5) is 0 Å². The van der Waals surface area contributed by atoms with Crippen molar-refractivity contribution >= 4 is 17.7 Å². The zero-order valence-corrected chi connectivity index (χ0v) is 5.65. The molecule has 0 spiro atoms. The van der Waals surface area contributed by atoms with E-state index in [4.69, 9.17) is 10.2 Å². The van der Waals surface area contributed by atoms with Gasteiger partial charge in [-0.05, 0) is 0 Å². The largest absolute Gasteiger partial charge is 0.477 e. The Morgan fingerprint density at radius 2 is 2.22 bits per heavy atom. The monoisotopic (exact) mass is 148 g/mol. The van der Waals surface area contributed by atoms with Gasteiger partial charge in [-0.2, -0.15) is 0 Å². The third-order valence-electron chi connectivity index (χ3n) is 0.606. The van der Waals surface area contributed by atoms with Gasteiger partial charge in [-0.25, -0.2) is 4.79 Å². The van der Waals surface area contributed by atoms with E-state index in [0.717, 1.165) is 11.8 Å². The van der Waals surface area contributed by atoms with Crippen molar-refractivity contribution in [2.24, 2.45) is 0 Å². The molecule has 0 radical (unpaired) electrons. The molecule has 0 saturated heterocycles. The van der Waals surface area contributed by atoms with E-state index in [9.17, 15) is 4.79 Å². The Labute approximate surface area is 57.4 Å². The van der Waals surface area contributed by atoms with Gasteiger partial charge in [-0.3, -0.25) is 0 Å². The highest BCUT2D eigenvalue weighted by Gasteiger charge is 2.01. The zero-order chi connectivity index (χ0) is 7.28. The fourth-order valence-electron chi connectivity index (χ4n) is 0.231. The van der Waals surface area contributed by atoms with Gasteiger partial charge < -0.3 is 10.2 Å². The van der Waals surface area contributed by atoms with Crippen molar-refractivity contribution in [1.82, 2.24) is 0 Å². The highest BCUT2D eigenvalue weighted by Crippen LogP contribution is 2.11. The maximum Gasteiger partial charge on any atom is 0.341 e. The minimum absolute atomic E-state index is 0.0169. The summed E-state index contributed by atoms with van der Waals surface area (Å²) in [4.78, 5) is 10.1. The van der Waals surface area contributed by atoms with Gasteiger partial charge in [-0.1, -0.05) is 6.58 Å². The van der Waals surface area contributed by atoms with Gasteiger partial charge in [0.15, 0.2) is 0 Å². The van der Waals surface area contributed by atoms with Crippen LogP contribution in [0.1, 0.15) is 0 Å². The molecule has 0 aliphatic rings. The van der Waals surface area contributed by atoms with Crippen molar-refractivity contribution in [3.63, 3.8) is 0 Å². The average molecular weight is 148 g/mol. The summed E-state index contributed by atoms with van der Waals surface area (Å²) < 4.78 is 0. The minimum Gasteiger partial charge on any atom is -0.477 e. The lowest BCUT2D eigenvalue weighted by molar-refractivity contribution is -0.131.